The number of ether oxygens (including phenoxy) is 2. The SMILES string of the molecule is COc1cc2c(cc1OC)C(CNC(=O)NC(C)C)N(Cc1ccc(C)cc1)CC2. The predicted octanol–water partition coefficient (Wildman–Crippen LogP) is 3.82. The van der Waals surface area contributed by atoms with Crippen molar-refractivity contribution < 1.29 is 14.3 Å². The summed E-state index contributed by atoms with van der Waals surface area (Å²) < 4.78 is 11.0. The van der Waals surface area contributed by atoms with Gasteiger partial charge in [-0.15, -0.1) is 0 Å². The van der Waals surface area contributed by atoms with Gasteiger partial charge in [-0.1, -0.05) is 29.8 Å². The second kappa shape index (κ2) is 9.85. The molecule has 1 atom stereocenters. The first-order valence-corrected chi connectivity index (χ1v) is 10.5. The maximum Gasteiger partial charge on any atom is 0.315 e. The summed E-state index contributed by atoms with van der Waals surface area (Å²) in [6.07, 6.45) is 0.927. The Balaban J connectivity index is 1.88. The van der Waals surface area contributed by atoms with Gasteiger partial charge in [0.15, 0.2) is 11.5 Å². The molecule has 6 nitrogen and oxygen atoms in total. The van der Waals surface area contributed by atoms with Crippen molar-refractivity contribution in [3.8, 4) is 11.5 Å². The summed E-state index contributed by atoms with van der Waals surface area (Å²) in [6, 6.07) is 12.8. The standard InChI is InChI=1S/C24H33N3O3/c1-16(2)26-24(28)25-14-21-20-13-23(30-5)22(29-4)12-19(20)10-11-27(21)15-18-8-6-17(3)7-9-18/h6-9,12-13,16,21H,10-11,14-15H2,1-5H3,(H2,25,26,28). The second-order valence-electron chi connectivity index (χ2n) is 8.14. The van der Waals surface area contributed by atoms with Crippen molar-refractivity contribution in [3.63, 3.8) is 0 Å². The number of nitrogens with zero attached hydrogens (tertiary/aromatic N) is 1. The van der Waals surface area contributed by atoms with E-state index in [0.717, 1.165) is 25.3 Å². The first kappa shape index (κ1) is 22.0. The molecule has 30 heavy (non-hydrogen) atoms. The van der Waals surface area contributed by atoms with E-state index < -0.39 is 0 Å². The quantitative estimate of drug-likeness (QED) is 0.727. The number of methoxy groups -OCH3 is 2. The number of benzene rings is 2. The third-order valence-corrected chi connectivity index (χ3v) is 5.50. The Labute approximate surface area is 179 Å². The molecule has 6 heteroatoms. The van der Waals surface area contributed by atoms with Crippen LogP contribution in [0.25, 0.3) is 0 Å². The Morgan fingerprint density at radius 2 is 1.80 bits per heavy atom. The number of aryl methyl sites for hydroxylation is 1. The van der Waals surface area contributed by atoms with E-state index in [9.17, 15) is 4.79 Å². The molecule has 1 aliphatic rings. The monoisotopic (exact) mass is 411 g/mol. The van der Waals surface area contributed by atoms with Crippen LogP contribution in [-0.2, 0) is 13.0 Å². The van der Waals surface area contributed by atoms with Crippen LogP contribution in [0.15, 0.2) is 36.4 Å². The molecular formula is C24H33N3O3. The Morgan fingerprint density at radius 3 is 2.43 bits per heavy atom. The lowest BCUT2D eigenvalue weighted by Gasteiger charge is -2.38. The highest BCUT2D eigenvalue weighted by Crippen LogP contribution is 2.38. The largest absolute Gasteiger partial charge is 0.493 e. The average Bonchev–Trinajstić information content (AvgIpc) is 2.72. The van der Waals surface area contributed by atoms with Crippen LogP contribution in [0.3, 0.4) is 0 Å². The molecule has 1 aliphatic heterocycles. The molecular weight excluding hydrogens is 378 g/mol. The molecule has 0 radical (unpaired) electrons. The Hall–Kier alpha value is -2.73. The van der Waals surface area contributed by atoms with E-state index in [1.54, 1.807) is 14.2 Å². The van der Waals surface area contributed by atoms with Crippen LogP contribution >= 0.6 is 0 Å². The summed E-state index contributed by atoms with van der Waals surface area (Å²) >= 11 is 0. The van der Waals surface area contributed by atoms with Crippen LogP contribution in [0.2, 0.25) is 0 Å². The van der Waals surface area contributed by atoms with Crippen molar-refractivity contribution in [2.75, 3.05) is 27.3 Å². The highest BCUT2D eigenvalue weighted by atomic mass is 16.5. The number of carbonyl (C=O) groups excluding carboxylic acids is 1. The molecule has 0 aromatic heterocycles. The molecule has 0 bridgehead atoms. The molecule has 3 rings (SSSR count). The Kier molecular flexibility index (Phi) is 7.21. The smallest absolute Gasteiger partial charge is 0.315 e. The van der Waals surface area contributed by atoms with E-state index in [2.05, 4.69) is 58.9 Å². The van der Waals surface area contributed by atoms with Gasteiger partial charge in [-0.05, 0) is 56.0 Å². The number of hydrogen-bond acceptors (Lipinski definition) is 4. The molecule has 1 unspecified atom stereocenters. The summed E-state index contributed by atoms with van der Waals surface area (Å²) in [5.74, 6) is 1.46. The van der Waals surface area contributed by atoms with Crippen LogP contribution in [-0.4, -0.2) is 44.3 Å². The van der Waals surface area contributed by atoms with Gasteiger partial charge >= 0.3 is 6.03 Å². The molecule has 0 spiro atoms. The molecule has 2 aromatic rings. The zero-order valence-corrected chi connectivity index (χ0v) is 18.6. The number of urea groups is 1. The third kappa shape index (κ3) is 5.25. The van der Waals surface area contributed by atoms with E-state index in [1.807, 2.05) is 13.8 Å². The molecule has 2 aromatic carbocycles. The first-order valence-electron chi connectivity index (χ1n) is 10.5. The fourth-order valence-corrected chi connectivity index (χ4v) is 3.94. The molecule has 0 fully saturated rings. The number of nitrogens with one attached hydrogen (secondary N) is 2. The summed E-state index contributed by atoms with van der Waals surface area (Å²) in [6.45, 7) is 8.26. The minimum absolute atomic E-state index is 0.0489. The van der Waals surface area contributed by atoms with Crippen molar-refractivity contribution in [3.05, 3.63) is 58.7 Å². The highest BCUT2D eigenvalue weighted by Gasteiger charge is 2.29. The fourth-order valence-electron chi connectivity index (χ4n) is 3.94. The molecule has 2 N–H and O–H groups in total. The van der Waals surface area contributed by atoms with Gasteiger partial charge in [0.1, 0.15) is 0 Å². The number of fused-ring (bicyclic) bond motifs is 1. The lowest BCUT2D eigenvalue weighted by atomic mass is 9.91. The maximum absolute atomic E-state index is 12.2. The van der Waals surface area contributed by atoms with Crippen LogP contribution in [0, 0.1) is 6.92 Å². The molecule has 2 amide bonds. The van der Waals surface area contributed by atoms with E-state index in [0.29, 0.717) is 12.3 Å². The van der Waals surface area contributed by atoms with Crippen LogP contribution < -0.4 is 20.1 Å². The van der Waals surface area contributed by atoms with Gasteiger partial charge in [0.05, 0.1) is 20.3 Å². The molecule has 0 saturated carbocycles. The summed E-state index contributed by atoms with van der Waals surface area (Å²) in [5, 5.41) is 5.96. The van der Waals surface area contributed by atoms with Gasteiger partial charge in [0.2, 0.25) is 0 Å². The number of rotatable bonds is 7. The van der Waals surface area contributed by atoms with E-state index >= 15 is 0 Å². The van der Waals surface area contributed by atoms with Gasteiger partial charge in [-0.3, -0.25) is 4.90 Å². The van der Waals surface area contributed by atoms with Crippen molar-refractivity contribution in [1.82, 2.24) is 15.5 Å². The average molecular weight is 412 g/mol. The van der Waals surface area contributed by atoms with Gasteiger partial charge < -0.3 is 20.1 Å². The summed E-state index contributed by atoms with van der Waals surface area (Å²) in [7, 11) is 3.31. The summed E-state index contributed by atoms with van der Waals surface area (Å²) in [4.78, 5) is 14.7. The van der Waals surface area contributed by atoms with E-state index in [-0.39, 0.29) is 18.1 Å². The summed E-state index contributed by atoms with van der Waals surface area (Å²) in [5.41, 5.74) is 4.93. The number of carbonyl (C=O) groups is 1. The van der Waals surface area contributed by atoms with Gasteiger partial charge in [0, 0.05) is 25.7 Å². The van der Waals surface area contributed by atoms with Crippen molar-refractivity contribution in [1.29, 1.82) is 0 Å². The first-order chi connectivity index (χ1) is 14.4. The van der Waals surface area contributed by atoms with Crippen molar-refractivity contribution in [2.24, 2.45) is 0 Å². The predicted molar refractivity (Wildman–Crippen MR) is 119 cm³/mol. The Morgan fingerprint density at radius 1 is 1.13 bits per heavy atom. The molecule has 1 heterocycles. The van der Waals surface area contributed by atoms with Crippen molar-refractivity contribution >= 4 is 6.03 Å². The van der Waals surface area contributed by atoms with Crippen LogP contribution in [0.5, 0.6) is 11.5 Å². The van der Waals surface area contributed by atoms with Gasteiger partial charge in [0.25, 0.3) is 0 Å². The van der Waals surface area contributed by atoms with Gasteiger partial charge in [-0.2, -0.15) is 0 Å². The zero-order valence-electron chi connectivity index (χ0n) is 18.6. The third-order valence-electron chi connectivity index (χ3n) is 5.50. The zero-order chi connectivity index (χ0) is 21.7. The van der Waals surface area contributed by atoms with E-state index in [4.69, 9.17) is 9.47 Å². The Bertz CT molecular complexity index is 865. The number of amides is 2. The number of hydrogen-bond donors (Lipinski definition) is 2. The van der Waals surface area contributed by atoms with E-state index in [1.165, 1.54) is 22.3 Å². The van der Waals surface area contributed by atoms with Gasteiger partial charge in [-0.25, -0.2) is 4.79 Å². The maximum atomic E-state index is 12.2. The second-order valence-corrected chi connectivity index (χ2v) is 8.14. The molecule has 0 aliphatic carbocycles. The normalized spacial score (nSPS) is 16.1. The molecule has 162 valence electrons. The lowest BCUT2D eigenvalue weighted by molar-refractivity contribution is 0.170. The van der Waals surface area contributed by atoms with Crippen molar-refractivity contribution in [2.45, 2.75) is 45.8 Å². The van der Waals surface area contributed by atoms with Crippen LogP contribution in [0.4, 0.5) is 4.79 Å². The lowest BCUT2D eigenvalue weighted by Crippen LogP contribution is -2.45. The van der Waals surface area contributed by atoms with Crippen LogP contribution in [0.1, 0.15) is 42.1 Å². The minimum Gasteiger partial charge on any atom is -0.493 e. The topological polar surface area (TPSA) is 62.8 Å². The highest BCUT2D eigenvalue weighted by molar-refractivity contribution is 5.74. The minimum atomic E-state index is -0.145. The molecule has 0 saturated heterocycles. The fraction of sp³-hybridized carbons (Fsp3) is 0.458.